The van der Waals surface area contributed by atoms with E-state index in [0.717, 1.165) is 21.6 Å². The van der Waals surface area contributed by atoms with Crippen LogP contribution in [0.5, 0.6) is 0 Å². The molecule has 0 bridgehead atoms. The number of aromatic nitrogens is 2. The zero-order valence-corrected chi connectivity index (χ0v) is 19.8. The number of hydrogen-bond acceptors (Lipinski definition) is 5. The van der Waals surface area contributed by atoms with Crippen LogP contribution < -0.4 is 10.0 Å². The topological polar surface area (TPSA) is 93.1 Å². The lowest BCUT2D eigenvalue weighted by Crippen LogP contribution is -2.40. The minimum absolute atomic E-state index is 0.0946. The van der Waals surface area contributed by atoms with E-state index in [1.807, 2.05) is 48.0 Å². The van der Waals surface area contributed by atoms with Crippen molar-refractivity contribution in [3.05, 3.63) is 71.2 Å². The number of fused-ring (bicyclic) bond motifs is 1. The van der Waals surface area contributed by atoms with E-state index in [4.69, 9.17) is 0 Å². The van der Waals surface area contributed by atoms with Gasteiger partial charge in [0.15, 0.2) is 0 Å². The molecule has 2 heterocycles. The molecule has 2 aromatic heterocycles. The summed E-state index contributed by atoms with van der Waals surface area (Å²) >= 11 is 1.34. The number of amides is 1. The molecule has 166 valence electrons. The zero-order valence-electron chi connectivity index (χ0n) is 18.2. The molecule has 0 unspecified atom stereocenters. The van der Waals surface area contributed by atoms with Crippen LogP contribution in [-0.4, -0.2) is 29.6 Å². The Kier molecular flexibility index (Phi) is 5.66. The first-order chi connectivity index (χ1) is 15.0. The highest BCUT2D eigenvalue weighted by Gasteiger charge is 2.23. The number of carbonyl (C=O) groups excluding carboxylic acids is 1. The van der Waals surface area contributed by atoms with Crippen LogP contribution in [0, 0.1) is 6.92 Å². The smallest absolute Gasteiger partial charge is 0.265 e. The van der Waals surface area contributed by atoms with E-state index in [-0.39, 0.29) is 10.8 Å². The molecule has 0 spiro atoms. The second kappa shape index (κ2) is 8.16. The molecule has 0 atom stereocenters. The summed E-state index contributed by atoms with van der Waals surface area (Å²) in [5.74, 6) is -0.302. The lowest BCUT2D eigenvalue weighted by atomic mass is 10.1. The number of carbonyl (C=O) groups is 1. The molecule has 7 nitrogen and oxygen atoms in total. The largest absolute Gasteiger partial charge is 0.321 e. The number of anilines is 1. The summed E-state index contributed by atoms with van der Waals surface area (Å²) in [6.07, 6.45) is 0. The molecule has 0 fully saturated rings. The Labute approximate surface area is 191 Å². The number of nitrogens with one attached hydrogen (secondary N) is 2. The molecule has 1 amide bonds. The van der Waals surface area contributed by atoms with Gasteiger partial charge < -0.3 is 5.32 Å². The fraction of sp³-hybridized carbons (Fsp3) is 0.217. The molecular formula is C23H24N4O3S2. The van der Waals surface area contributed by atoms with Crippen molar-refractivity contribution in [2.45, 2.75) is 38.1 Å². The van der Waals surface area contributed by atoms with Crippen molar-refractivity contribution in [1.82, 2.24) is 14.5 Å². The van der Waals surface area contributed by atoms with Crippen LogP contribution in [0.2, 0.25) is 0 Å². The van der Waals surface area contributed by atoms with E-state index in [0.29, 0.717) is 10.6 Å². The third-order valence-corrected chi connectivity index (χ3v) is 7.48. The summed E-state index contributed by atoms with van der Waals surface area (Å²) in [4.78, 5) is 14.4. The molecule has 0 aliphatic carbocycles. The summed E-state index contributed by atoms with van der Waals surface area (Å²) in [5, 5.41) is 8.32. The standard InChI is InChI=1S/C23H24N4O3S2/c1-15-19-14-20(31-22(19)27(25-15)17-10-6-5-7-11-17)21(28)24-16-9-8-12-18(13-16)32(29,30)26-23(2,3)4/h5-14,26H,1-4H3,(H,24,28). The number of para-hydroxylation sites is 1. The monoisotopic (exact) mass is 468 g/mol. The Morgan fingerprint density at radius 2 is 1.75 bits per heavy atom. The predicted octanol–water partition coefficient (Wildman–Crippen LogP) is 4.72. The average Bonchev–Trinajstić information content (AvgIpc) is 3.28. The van der Waals surface area contributed by atoms with Crippen molar-refractivity contribution >= 4 is 43.2 Å². The van der Waals surface area contributed by atoms with Crippen LogP contribution in [-0.2, 0) is 10.0 Å². The van der Waals surface area contributed by atoms with Crippen LogP contribution in [0.1, 0.15) is 36.1 Å². The van der Waals surface area contributed by atoms with Gasteiger partial charge >= 0.3 is 0 Å². The van der Waals surface area contributed by atoms with Crippen LogP contribution in [0.25, 0.3) is 15.9 Å². The van der Waals surface area contributed by atoms with Crippen molar-refractivity contribution in [2.75, 3.05) is 5.32 Å². The van der Waals surface area contributed by atoms with Gasteiger partial charge in [0.25, 0.3) is 5.91 Å². The molecule has 0 saturated heterocycles. The lowest BCUT2D eigenvalue weighted by molar-refractivity contribution is 0.103. The first-order valence-corrected chi connectivity index (χ1v) is 12.3. The van der Waals surface area contributed by atoms with Gasteiger partial charge in [0.05, 0.1) is 21.2 Å². The third-order valence-electron chi connectivity index (χ3n) is 4.61. The third kappa shape index (κ3) is 4.59. The molecule has 2 N–H and O–H groups in total. The van der Waals surface area contributed by atoms with Gasteiger partial charge in [-0.2, -0.15) is 5.10 Å². The second-order valence-corrected chi connectivity index (χ2v) is 11.2. The SMILES string of the molecule is Cc1nn(-c2ccccc2)c2sc(C(=O)Nc3cccc(S(=O)(=O)NC(C)(C)C)c3)cc12. The maximum atomic E-state index is 12.9. The summed E-state index contributed by atoms with van der Waals surface area (Å²) in [7, 11) is -3.70. The molecule has 2 aromatic carbocycles. The highest BCUT2D eigenvalue weighted by Crippen LogP contribution is 2.31. The van der Waals surface area contributed by atoms with E-state index < -0.39 is 15.6 Å². The normalized spacial score (nSPS) is 12.2. The number of hydrogen-bond donors (Lipinski definition) is 2. The Hall–Kier alpha value is -3.01. The number of sulfonamides is 1. The van der Waals surface area contributed by atoms with Crippen LogP contribution in [0.15, 0.2) is 65.6 Å². The van der Waals surface area contributed by atoms with Crippen LogP contribution in [0.3, 0.4) is 0 Å². The predicted molar refractivity (Wildman–Crippen MR) is 128 cm³/mol. The van der Waals surface area contributed by atoms with Gasteiger partial charge in [-0.25, -0.2) is 17.8 Å². The summed E-state index contributed by atoms with van der Waals surface area (Å²) in [6.45, 7) is 7.23. The number of benzene rings is 2. The van der Waals surface area contributed by atoms with E-state index in [1.54, 1.807) is 32.9 Å². The first kappa shape index (κ1) is 22.2. The Morgan fingerprint density at radius 3 is 2.44 bits per heavy atom. The molecule has 0 saturated carbocycles. The maximum Gasteiger partial charge on any atom is 0.265 e. The summed E-state index contributed by atoms with van der Waals surface area (Å²) in [5.41, 5.74) is 1.55. The number of rotatable bonds is 5. The van der Waals surface area contributed by atoms with Crippen molar-refractivity contribution in [1.29, 1.82) is 0 Å². The van der Waals surface area contributed by atoms with Crippen molar-refractivity contribution in [3.63, 3.8) is 0 Å². The summed E-state index contributed by atoms with van der Waals surface area (Å²) in [6, 6.07) is 17.8. The van der Waals surface area contributed by atoms with Gasteiger partial charge in [-0.3, -0.25) is 4.79 Å². The lowest BCUT2D eigenvalue weighted by Gasteiger charge is -2.20. The average molecular weight is 469 g/mol. The first-order valence-electron chi connectivity index (χ1n) is 10.0. The highest BCUT2D eigenvalue weighted by atomic mass is 32.2. The maximum absolute atomic E-state index is 12.9. The Bertz CT molecular complexity index is 1400. The molecule has 0 aliphatic heterocycles. The fourth-order valence-corrected chi connectivity index (χ4v) is 5.84. The number of thiophene rings is 1. The van der Waals surface area contributed by atoms with E-state index in [9.17, 15) is 13.2 Å². The van der Waals surface area contributed by atoms with Gasteiger partial charge in [0.2, 0.25) is 10.0 Å². The summed E-state index contributed by atoms with van der Waals surface area (Å²) < 4.78 is 29.7. The second-order valence-electron chi connectivity index (χ2n) is 8.50. The molecule has 32 heavy (non-hydrogen) atoms. The Balaban J connectivity index is 1.61. The molecular weight excluding hydrogens is 444 g/mol. The number of aryl methyl sites for hydroxylation is 1. The van der Waals surface area contributed by atoms with Crippen LogP contribution in [0.4, 0.5) is 5.69 Å². The zero-order chi connectivity index (χ0) is 23.1. The minimum atomic E-state index is -3.70. The van der Waals surface area contributed by atoms with Gasteiger partial charge in [0.1, 0.15) is 4.83 Å². The fourth-order valence-electron chi connectivity index (χ4n) is 3.30. The van der Waals surface area contributed by atoms with Crippen molar-refractivity contribution < 1.29 is 13.2 Å². The van der Waals surface area contributed by atoms with E-state index in [1.165, 1.54) is 23.5 Å². The van der Waals surface area contributed by atoms with E-state index >= 15 is 0 Å². The van der Waals surface area contributed by atoms with Gasteiger partial charge in [-0.05, 0) is 64.1 Å². The minimum Gasteiger partial charge on any atom is -0.321 e. The van der Waals surface area contributed by atoms with Crippen LogP contribution >= 0.6 is 11.3 Å². The molecule has 4 rings (SSSR count). The Morgan fingerprint density at radius 1 is 1.03 bits per heavy atom. The molecule has 0 aliphatic rings. The van der Waals surface area contributed by atoms with Crippen molar-refractivity contribution in [2.24, 2.45) is 0 Å². The molecule has 0 radical (unpaired) electrons. The van der Waals surface area contributed by atoms with Gasteiger partial charge in [-0.15, -0.1) is 11.3 Å². The quantitative estimate of drug-likeness (QED) is 0.443. The highest BCUT2D eigenvalue weighted by molar-refractivity contribution is 7.89. The molecule has 9 heteroatoms. The van der Waals surface area contributed by atoms with Gasteiger partial charge in [-0.1, -0.05) is 24.3 Å². The van der Waals surface area contributed by atoms with Gasteiger partial charge in [0, 0.05) is 16.6 Å². The molecule has 4 aromatic rings. The number of nitrogens with zero attached hydrogens (tertiary/aromatic N) is 2. The van der Waals surface area contributed by atoms with E-state index in [2.05, 4.69) is 15.1 Å². The van der Waals surface area contributed by atoms with Crippen molar-refractivity contribution in [3.8, 4) is 5.69 Å².